The monoisotopic (exact) mass is 235 g/mol. The van der Waals surface area contributed by atoms with Gasteiger partial charge in [-0.15, -0.1) is 0 Å². The first-order valence-electron chi connectivity index (χ1n) is 6.29. The van der Waals surface area contributed by atoms with Gasteiger partial charge in [0, 0.05) is 23.5 Å². The van der Waals surface area contributed by atoms with Crippen LogP contribution in [0.3, 0.4) is 0 Å². The SMILES string of the molecule is Cc1cccc(-c2c3ccccc3c(C)n2C)c1. The van der Waals surface area contributed by atoms with E-state index in [0.29, 0.717) is 0 Å². The normalized spacial score (nSPS) is 11.1. The van der Waals surface area contributed by atoms with E-state index in [2.05, 4.69) is 74.0 Å². The molecule has 90 valence electrons. The molecule has 3 aromatic rings. The minimum Gasteiger partial charge on any atom is -0.347 e. The van der Waals surface area contributed by atoms with Gasteiger partial charge in [-0.25, -0.2) is 0 Å². The molecule has 0 aliphatic rings. The fraction of sp³-hybridized carbons (Fsp3) is 0.176. The summed E-state index contributed by atoms with van der Waals surface area (Å²) in [4.78, 5) is 0. The van der Waals surface area contributed by atoms with Crippen molar-refractivity contribution in [2.24, 2.45) is 7.05 Å². The molecule has 0 aliphatic heterocycles. The molecule has 0 atom stereocenters. The van der Waals surface area contributed by atoms with Gasteiger partial charge in [0.05, 0.1) is 5.69 Å². The summed E-state index contributed by atoms with van der Waals surface area (Å²) in [5.74, 6) is 0. The number of aryl methyl sites for hydroxylation is 2. The van der Waals surface area contributed by atoms with Crippen LogP contribution in [0, 0.1) is 13.8 Å². The summed E-state index contributed by atoms with van der Waals surface area (Å²) in [7, 11) is 2.15. The molecule has 1 nitrogen and oxygen atoms in total. The molecule has 1 aromatic heterocycles. The molecule has 0 radical (unpaired) electrons. The van der Waals surface area contributed by atoms with Gasteiger partial charge in [-0.05, 0) is 25.5 Å². The second kappa shape index (κ2) is 4.02. The molecule has 0 fully saturated rings. The van der Waals surface area contributed by atoms with E-state index in [1.54, 1.807) is 0 Å². The van der Waals surface area contributed by atoms with E-state index in [1.807, 2.05) is 0 Å². The molecule has 2 aromatic carbocycles. The Morgan fingerprint density at radius 2 is 1.56 bits per heavy atom. The van der Waals surface area contributed by atoms with Crippen LogP contribution in [0.15, 0.2) is 48.5 Å². The molecule has 0 amide bonds. The van der Waals surface area contributed by atoms with Crippen molar-refractivity contribution in [2.45, 2.75) is 13.8 Å². The van der Waals surface area contributed by atoms with E-state index in [-0.39, 0.29) is 0 Å². The highest BCUT2D eigenvalue weighted by Gasteiger charge is 2.12. The maximum Gasteiger partial charge on any atom is 0.0559 e. The van der Waals surface area contributed by atoms with Crippen LogP contribution < -0.4 is 0 Å². The van der Waals surface area contributed by atoms with E-state index in [4.69, 9.17) is 0 Å². The maximum absolute atomic E-state index is 2.29. The van der Waals surface area contributed by atoms with E-state index < -0.39 is 0 Å². The van der Waals surface area contributed by atoms with Gasteiger partial charge in [0.1, 0.15) is 0 Å². The van der Waals surface area contributed by atoms with Crippen molar-refractivity contribution >= 4 is 10.8 Å². The van der Waals surface area contributed by atoms with Crippen LogP contribution in [0.25, 0.3) is 22.0 Å². The Hall–Kier alpha value is -2.02. The second-order valence-electron chi connectivity index (χ2n) is 4.91. The lowest BCUT2D eigenvalue weighted by molar-refractivity contribution is 0.897. The van der Waals surface area contributed by atoms with Crippen LogP contribution in [-0.2, 0) is 7.05 Å². The number of aromatic nitrogens is 1. The summed E-state index contributed by atoms with van der Waals surface area (Å²) in [6, 6.07) is 17.3. The molecule has 0 saturated heterocycles. The molecule has 18 heavy (non-hydrogen) atoms. The van der Waals surface area contributed by atoms with E-state index in [0.717, 1.165) is 0 Å². The first-order valence-corrected chi connectivity index (χ1v) is 6.29. The predicted octanol–water partition coefficient (Wildman–Crippen LogP) is 4.46. The molecule has 0 aliphatic carbocycles. The summed E-state index contributed by atoms with van der Waals surface area (Å²) >= 11 is 0. The van der Waals surface area contributed by atoms with Gasteiger partial charge in [-0.2, -0.15) is 0 Å². The van der Waals surface area contributed by atoms with E-state index in [9.17, 15) is 0 Å². The van der Waals surface area contributed by atoms with Crippen molar-refractivity contribution in [3.63, 3.8) is 0 Å². The van der Waals surface area contributed by atoms with Crippen molar-refractivity contribution in [1.82, 2.24) is 4.57 Å². The highest BCUT2D eigenvalue weighted by atomic mass is 15.0. The molecule has 0 N–H and O–H groups in total. The standard InChI is InChI=1S/C17H17N/c1-12-7-6-8-14(11-12)17-16-10-5-4-9-15(16)13(2)18(17)3/h4-11H,1-3H3. The van der Waals surface area contributed by atoms with Crippen molar-refractivity contribution < 1.29 is 0 Å². The lowest BCUT2D eigenvalue weighted by Gasteiger charge is -2.06. The lowest BCUT2D eigenvalue weighted by Crippen LogP contribution is -1.94. The Kier molecular flexibility index (Phi) is 2.48. The van der Waals surface area contributed by atoms with E-state index in [1.165, 1.54) is 33.3 Å². The van der Waals surface area contributed by atoms with E-state index >= 15 is 0 Å². The van der Waals surface area contributed by atoms with Gasteiger partial charge in [0.15, 0.2) is 0 Å². The first kappa shape index (κ1) is 11.1. The first-order chi connectivity index (χ1) is 8.68. The Balaban J connectivity index is 2.39. The average molecular weight is 235 g/mol. The molecule has 0 spiro atoms. The van der Waals surface area contributed by atoms with Crippen LogP contribution in [0.1, 0.15) is 11.3 Å². The molecule has 0 unspecified atom stereocenters. The summed E-state index contributed by atoms with van der Waals surface area (Å²) in [6.45, 7) is 4.32. The summed E-state index contributed by atoms with van der Waals surface area (Å²) in [6.07, 6.45) is 0. The van der Waals surface area contributed by atoms with Crippen LogP contribution in [0.5, 0.6) is 0 Å². The zero-order chi connectivity index (χ0) is 12.7. The minimum absolute atomic E-state index is 1.29. The molecular formula is C17H17N. The van der Waals surface area contributed by atoms with Crippen molar-refractivity contribution in [3.05, 3.63) is 59.8 Å². The fourth-order valence-electron chi connectivity index (χ4n) is 2.68. The van der Waals surface area contributed by atoms with Crippen LogP contribution in [-0.4, -0.2) is 4.57 Å². The molecule has 3 rings (SSSR count). The molecule has 1 heterocycles. The number of hydrogen-bond donors (Lipinski definition) is 0. The quantitative estimate of drug-likeness (QED) is 0.586. The summed E-state index contributed by atoms with van der Waals surface area (Å²) in [5.41, 5.74) is 5.23. The zero-order valence-electron chi connectivity index (χ0n) is 11.1. The predicted molar refractivity (Wildman–Crippen MR) is 77.8 cm³/mol. The van der Waals surface area contributed by atoms with Crippen molar-refractivity contribution in [2.75, 3.05) is 0 Å². The molecular weight excluding hydrogens is 218 g/mol. The van der Waals surface area contributed by atoms with Crippen LogP contribution >= 0.6 is 0 Å². The largest absolute Gasteiger partial charge is 0.347 e. The summed E-state index contributed by atoms with van der Waals surface area (Å²) < 4.78 is 2.29. The third-order valence-corrected chi connectivity index (χ3v) is 3.70. The zero-order valence-corrected chi connectivity index (χ0v) is 11.1. The van der Waals surface area contributed by atoms with Crippen LogP contribution in [0.4, 0.5) is 0 Å². The lowest BCUT2D eigenvalue weighted by atomic mass is 10.0. The average Bonchev–Trinajstić information content (AvgIpc) is 2.63. The minimum atomic E-state index is 1.29. The van der Waals surface area contributed by atoms with Gasteiger partial charge in [-0.1, -0.05) is 48.0 Å². The van der Waals surface area contributed by atoms with Crippen molar-refractivity contribution in [3.8, 4) is 11.3 Å². The number of rotatable bonds is 1. The molecule has 0 bridgehead atoms. The number of benzene rings is 2. The second-order valence-corrected chi connectivity index (χ2v) is 4.91. The van der Waals surface area contributed by atoms with Gasteiger partial charge >= 0.3 is 0 Å². The maximum atomic E-state index is 2.29. The van der Waals surface area contributed by atoms with Gasteiger partial charge in [0.25, 0.3) is 0 Å². The Morgan fingerprint density at radius 1 is 0.833 bits per heavy atom. The van der Waals surface area contributed by atoms with Gasteiger partial charge < -0.3 is 4.57 Å². The number of fused-ring (bicyclic) bond motifs is 1. The van der Waals surface area contributed by atoms with Crippen molar-refractivity contribution in [1.29, 1.82) is 0 Å². The Morgan fingerprint density at radius 3 is 2.28 bits per heavy atom. The molecule has 0 saturated carbocycles. The third-order valence-electron chi connectivity index (χ3n) is 3.70. The number of nitrogens with zero attached hydrogens (tertiary/aromatic N) is 1. The highest BCUT2D eigenvalue weighted by molar-refractivity contribution is 5.98. The highest BCUT2D eigenvalue weighted by Crippen LogP contribution is 2.32. The molecule has 1 heteroatoms. The fourth-order valence-corrected chi connectivity index (χ4v) is 2.68. The topological polar surface area (TPSA) is 4.93 Å². The smallest absolute Gasteiger partial charge is 0.0559 e. The van der Waals surface area contributed by atoms with Crippen LogP contribution in [0.2, 0.25) is 0 Å². The number of hydrogen-bond acceptors (Lipinski definition) is 0. The Labute approximate surface area is 108 Å². The summed E-state index contributed by atoms with van der Waals surface area (Å²) in [5, 5.41) is 2.68. The third kappa shape index (κ3) is 1.55. The van der Waals surface area contributed by atoms with Gasteiger partial charge in [-0.3, -0.25) is 0 Å². The van der Waals surface area contributed by atoms with Gasteiger partial charge in [0.2, 0.25) is 0 Å². The Bertz CT molecular complexity index is 720.